The van der Waals surface area contributed by atoms with Gasteiger partial charge in [-0.25, -0.2) is 4.68 Å². The molecule has 0 spiro atoms. The topological polar surface area (TPSA) is 80.5 Å². The first kappa shape index (κ1) is 20.1. The summed E-state index contributed by atoms with van der Waals surface area (Å²) in [7, 11) is 1.84. The Balaban J connectivity index is 1.60. The van der Waals surface area contributed by atoms with Gasteiger partial charge in [-0.2, -0.15) is 10.2 Å². The Labute approximate surface area is 183 Å². The summed E-state index contributed by atoms with van der Waals surface area (Å²) in [6, 6.07) is 18.7. The molecule has 2 heterocycles. The van der Waals surface area contributed by atoms with Gasteiger partial charge >= 0.3 is 0 Å². The number of nitrogens with zero attached hydrogens (tertiary/aromatic N) is 4. The highest BCUT2D eigenvalue weighted by Crippen LogP contribution is 2.23. The van der Waals surface area contributed by atoms with Gasteiger partial charge in [-0.3, -0.25) is 9.89 Å². The van der Waals surface area contributed by atoms with Gasteiger partial charge in [0.15, 0.2) is 4.77 Å². The van der Waals surface area contributed by atoms with Gasteiger partial charge in [0.1, 0.15) is 11.5 Å². The Kier molecular flexibility index (Phi) is 5.78. The lowest BCUT2D eigenvalue weighted by molar-refractivity contribution is 0.0946. The van der Waals surface area contributed by atoms with Crippen molar-refractivity contribution < 1.29 is 4.79 Å². The van der Waals surface area contributed by atoms with Gasteiger partial charge in [-0.05, 0) is 42.5 Å². The number of carbonyl (C=O) groups is 1. The van der Waals surface area contributed by atoms with Crippen LogP contribution in [-0.2, 0) is 13.5 Å². The van der Waals surface area contributed by atoms with Crippen molar-refractivity contribution in [2.75, 3.05) is 6.54 Å². The van der Waals surface area contributed by atoms with E-state index in [1.807, 2.05) is 49.5 Å². The molecule has 0 unspecified atom stereocenters. The van der Waals surface area contributed by atoms with Crippen LogP contribution in [0.1, 0.15) is 16.3 Å². The van der Waals surface area contributed by atoms with E-state index in [1.165, 1.54) is 0 Å². The van der Waals surface area contributed by atoms with Gasteiger partial charge in [0, 0.05) is 30.6 Å². The van der Waals surface area contributed by atoms with E-state index in [1.54, 1.807) is 27.4 Å². The fourth-order valence-corrected chi connectivity index (χ4v) is 3.33. The van der Waals surface area contributed by atoms with Gasteiger partial charge in [0.25, 0.3) is 5.91 Å². The Morgan fingerprint density at radius 2 is 1.90 bits per heavy atom. The van der Waals surface area contributed by atoms with Gasteiger partial charge in [0.05, 0.1) is 11.4 Å². The fourth-order valence-electron chi connectivity index (χ4n) is 3.05. The van der Waals surface area contributed by atoms with Gasteiger partial charge < -0.3 is 9.88 Å². The Morgan fingerprint density at radius 3 is 2.57 bits per heavy atom. The molecule has 152 valence electrons. The lowest BCUT2D eigenvalue weighted by atomic mass is 10.1. The van der Waals surface area contributed by atoms with Crippen molar-refractivity contribution in [1.82, 2.24) is 29.9 Å². The summed E-state index contributed by atoms with van der Waals surface area (Å²) in [4.78, 5) is 13.0. The molecule has 4 rings (SSSR count). The number of halogens is 1. The molecule has 0 aliphatic rings. The van der Waals surface area contributed by atoms with Crippen LogP contribution in [0.5, 0.6) is 0 Å². The van der Waals surface area contributed by atoms with Crippen LogP contribution >= 0.6 is 23.8 Å². The minimum atomic E-state index is -0.219. The fraction of sp³-hybridized carbons (Fsp3) is 0.143. The maximum absolute atomic E-state index is 13.0. The van der Waals surface area contributed by atoms with Gasteiger partial charge in [-0.15, -0.1) is 0 Å². The second-order valence-electron chi connectivity index (χ2n) is 6.68. The van der Waals surface area contributed by atoms with Crippen LogP contribution in [0, 0.1) is 4.77 Å². The van der Waals surface area contributed by atoms with Crippen LogP contribution in [0.25, 0.3) is 16.9 Å². The molecule has 9 heteroatoms. The molecule has 0 saturated carbocycles. The quantitative estimate of drug-likeness (QED) is 0.446. The number of rotatable bonds is 6. The van der Waals surface area contributed by atoms with E-state index in [0.717, 1.165) is 17.1 Å². The molecule has 0 saturated heterocycles. The van der Waals surface area contributed by atoms with Crippen molar-refractivity contribution in [1.29, 1.82) is 0 Å². The lowest BCUT2D eigenvalue weighted by Crippen LogP contribution is -2.28. The minimum absolute atomic E-state index is 0.219. The summed E-state index contributed by atoms with van der Waals surface area (Å²) >= 11 is 11.1. The molecule has 0 fully saturated rings. The van der Waals surface area contributed by atoms with Crippen LogP contribution in [-0.4, -0.2) is 37.0 Å². The van der Waals surface area contributed by atoms with Gasteiger partial charge in [-0.1, -0.05) is 41.9 Å². The highest BCUT2D eigenvalue weighted by Gasteiger charge is 2.17. The largest absolute Gasteiger partial charge is 0.350 e. The third-order valence-electron chi connectivity index (χ3n) is 4.69. The molecule has 2 aromatic carbocycles. The van der Waals surface area contributed by atoms with E-state index in [-0.39, 0.29) is 5.91 Å². The van der Waals surface area contributed by atoms with Crippen molar-refractivity contribution in [3.63, 3.8) is 0 Å². The monoisotopic (exact) mass is 438 g/mol. The molecule has 2 aromatic heterocycles. The summed E-state index contributed by atoms with van der Waals surface area (Å²) in [5.74, 6) is 0.557. The first-order valence-electron chi connectivity index (χ1n) is 9.33. The molecule has 7 nitrogen and oxygen atoms in total. The van der Waals surface area contributed by atoms with E-state index in [0.29, 0.717) is 34.1 Å². The number of H-pyrrole nitrogens is 1. The zero-order valence-electron chi connectivity index (χ0n) is 16.2. The molecule has 30 heavy (non-hydrogen) atoms. The number of aromatic amines is 1. The number of para-hydroxylation sites is 1. The van der Waals surface area contributed by atoms with Crippen molar-refractivity contribution in [2.24, 2.45) is 7.05 Å². The van der Waals surface area contributed by atoms with Crippen LogP contribution in [0.15, 0.2) is 60.7 Å². The SMILES string of the molecule is Cn1c(CCNC(=O)c2cc(-c3ccc(Cl)cc3)nn2-c2ccccc2)n[nH]c1=S. The Bertz CT molecular complexity index is 1230. The first-order chi connectivity index (χ1) is 14.5. The number of nitrogens with one attached hydrogen (secondary N) is 2. The summed E-state index contributed by atoms with van der Waals surface area (Å²) < 4.78 is 3.98. The number of hydrogen-bond donors (Lipinski definition) is 2. The van der Waals surface area contributed by atoms with Crippen molar-refractivity contribution in [2.45, 2.75) is 6.42 Å². The van der Waals surface area contributed by atoms with Crippen LogP contribution in [0.2, 0.25) is 5.02 Å². The van der Waals surface area contributed by atoms with Crippen LogP contribution in [0.4, 0.5) is 0 Å². The predicted molar refractivity (Wildman–Crippen MR) is 118 cm³/mol. The van der Waals surface area contributed by atoms with Crippen LogP contribution < -0.4 is 5.32 Å². The molecule has 0 atom stereocenters. The average molecular weight is 439 g/mol. The summed E-state index contributed by atoms with van der Waals surface area (Å²) in [5, 5.41) is 15.2. The summed E-state index contributed by atoms with van der Waals surface area (Å²) in [5.41, 5.74) is 2.82. The Hall–Kier alpha value is -3.23. The third-order valence-corrected chi connectivity index (χ3v) is 5.31. The van der Waals surface area contributed by atoms with E-state index in [9.17, 15) is 4.79 Å². The van der Waals surface area contributed by atoms with E-state index >= 15 is 0 Å². The third kappa shape index (κ3) is 4.19. The molecular formula is C21H19ClN6OS. The number of carbonyl (C=O) groups excluding carboxylic acids is 1. The number of amides is 1. The normalized spacial score (nSPS) is 10.9. The highest BCUT2D eigenvalue weighted by molar-refractivity contribution is 7.71. The minimum Gasteiger partial charge on any atom is -0.350 e. The summed E-state index contributed by atoms with van der Waals surface area (Å²) in [6.07, 6.45) is 0.554. The second-order valence-corrected chi connectivity index (χ2v) is 7.50. The predicted octanol–water partition coefficient (Wildman–Crippen LogP) is 3.96. The molecule has 1 amide bonds. The molecule has 0 radical (unpaired) electrons. The molecule has 2 N–H and O–H groups in total. The number of benzene rings is 2. The van der Waals surface area contributed by atoms with Crippen molar-refractivity contribution in [3.05, 3.63) is 82.0 Å². The number of hydrogen-bond acceptors (Lipinski definition) is 4. The summed E-state index contributed by atoms with van der Waals surface area (Å²) in [6.45, 7) is 0.419. The van der Waals surface area contributed by atoms with Crippen LogP contribution in [0.3, 0.4) is 0 Å². The molecule has 0 aliphatic heterocycles. The first-order valence-corrected chi connectivity index (χ1v) is 10.1. The smallest absolute Gasteiger partial charge is 0.270 e. The molecule has 0 bridgehead atoms. The van der Waals surface area contributed by atoms with Crippen molar-refractivity contribution in [3.8, 4) is 16.9 Å². The maximum Gasteiger partial charge on any atom is 0.270 e. The Morgan fingerprint density at radius 1 is 1.17 bits per heavy atom. The average Bonchev–Trinajstić information content (AvgIpc) is 3.34. The molecular weight excluding hydrogens is 420 g/mol. The zero-order valence-corrected chi connectivity index (χ0v) is 17.7. The van der Waals surface area contributed by atoms with Crippen molar-refractivity contribution >= 4 is 29.7 Å². The zero-order chi connectivity index (χ0) is 21.1. The second kappa shape index (κ2) is 8.64. The standard InChI is InChI=1S/C21H19ClN6OS/c1-27-19(24-25-21(27)30)11-12-23-20(29)18-13-17(14-7-9-15(22)10-8-14)26-28(18)16-5-3-2-4-6-16/h2-10,13H,11-12H2,1H3,(H,23,29)(H,25,30). The lowest BCUT2D eigenvalue weighted by Gasteiger charge is -2.08. The van der Waals surface area contributed by atoms with E-state index in [2.05, 4.69) is 20.6 Å². The van der Waals surface area contributed by atoms with E-state index in [4.69, 9.17) is 23.8 Å². The molecule has 4 aromatic rings. The highest BCUT2D eigenvalue weighted by atomic mass is 35.5. The maximum atomic E-state index is 13.0. The van der Waals surface area contributed by atoms with Gasteiger partial charge in [0.2, 0.25) is 0 Å². The van der Waals surface area contributed by atoms with E-state index < -0.39 is 0 Å². The molecule has 0 aliphatic carbocycles. The number of aromatic nitrogens is 5.